The predicted octanol–water partition coefficient (Wildman–Crippen LogP) is 3.37. The molecular weight excluding hydrogens is 215 g/mol. The number of hydrogen-bond donors (Lipinski definition) is 1. The fourth-order valence-electron chi connectivity index (χ4n) is 0.903. The Hall–Kier alpha value is -0.380. The van der Waals surface area contributed by atoms with Gasteiger partial charge in [-0.05, 0) is 29.8 Å². The first-order valence-corrected chi connectivity index (χ1v) is 4.76. The molecular formula is C7H4Cl2N2S. The van der Waals surface area contributed by atoms with Crippen molar-refractivity contribution >= 4 is 46.1 Å². The Bertz CT molecular complexity index is 351. The molecule has 62 valence electrons. The summed E-state index contributed by atoms with van der Waals surface area (Å²) >= 11 is 12.8. The average molecular weight is 219 g/mol. The third-order valence-electron chi connectivity index (χ3n) is 1.40. The summed E-state index contributed by atoms with van der Waals surface area (Å²) in [6.45, 7) is 0. The molecule has 1 N–H and O–H groups in total. The van der Waals surface area contributed by atoms with Gasteiger partial charge in [-0.1, -0.05) is 11.6 Å². The van der Waals surface area contributed by atoms with Crippen molar-refractivity contribution in [2.24, 2.45) is 4.40 Å². The molecule has 0 saturated heterocycles. The van der Waals surface area contributed by atoms with Gasteiger partial charge in [0.1, 0.15) is 0 Å². The maximum atomic E-state index is 5.79. The molecule has 0 saturated carbocycles. The molecule has 1 aliphatic rings. The Morgan fingerprint density at radius 2 is 2.17 bits per heavy atom. The molecule has 2 nitrogen and oxygen atoms in total. The Labute approximate surface area is 84.1 Å². The number of nitrogens with zero attached hydrogens (tertiary/aromatic N) is 1. The van der Waals surface area contributed by atoms with Gasteiger partial charge in [0.25, 0.3) is 0 Å². The first-order chi connectivity index (χ1) is 5.75. The van der Waals surface area contributed by atoms with Crippen molar-refractivity contribution in [1.82, 2.24) is 0 Å². The maximum absolute atomic E-state index is 5.79. The summed E-state index contributed by atoms with van der Waals surface area (Å²) in [5.41, 5.74) is 0.910. The maximum Gasteiger partial charge on any atom is 0.207 e. The topological polar surface area (TPSA) is 24.4 Å². The summed E-state index contributed by atoms with van der Waals surface area (Å²) in [6, 6.07) is 5.55. The highest BCUT2D eigenvalue weighted by Crippen LogP contribution is 2.34. The van der Waals surface area contributed by atoms with Gasteiger partial charge >= 0.3 is 0 Å². The molecule has 0 amide bonds. The molecule has 0 unspecified atom stereocenters. The second kappa shape index (κ2) is 3.17. The van der Waals surface area contributed by atoms with E-state index in [0.29, 0.717) is 10.3 Å². The van der Waals surface area contributed by atoms with E-state index in [1.807, 2.05) is 18.2 Å². The number of hydrogen-bond acceptors (Lipinski definition) is 3. The van der Waals surface area contributed by atoms with Crippen molar-refractivity contribution in [3.63, 3.8) is 0 Å². The molecule has 0 bridgehead atoms. The van der Waals surface area contributed by atoms with Crippen LogP contribution in [0.5, 0.6) is 0 Å². The number of anilines is 1. The van der Waals surface area contributed by atoms with Crippen LogP contribution in [0.1, 0.15) is 0 Å². The van der Waals surface area contributed by atoms with Gasteiger partial charge in [-0.15, -0.1) is 0 Å². The minimum atomic E-state index is 0.384. The number of benzene rings is 1. The van der Waals surface area contributed by atoms with E-state index in [-0.39, 0.29) is 0 Å². The van der Waals surface area contributed by atoms with Gasteiger partial charge in [-0.25, -0.2) is 0 Å². The zero-order valence-corrected chi connectivity index (χ0v) is 8.17. The number of amidine groups is 1. The lowest BCUT2D eigenvalue weighted by atomic mass is 10.3. The molecule has 12 heavy (non-hydrogen) atoms. The van der Waals surface area contributed by atoms with Gasteiger partial charge in [-0.3, -0.25) is 0 Å². The van der Waals surface area contributed by atoms with Crippen molar-refractivity contribution in [2.75, 3.05) is 5.32 Å². The SMILES string of the molecule is ClC1=NSc2ccc(Cl)cc2N1. The molecule has 1 heterocycles. The lowest BCUT2D eigenvalue weighted by molar-refractivity contribution is 1.42. The van der Waals surface area contributed by atoms with Crippen LogP contribution in [0.15, 0.2) is 27.5 Å². The fourth-order valence-corrected chi connectivity index (χ4v) is 1.84. The molecule has 0 aliphatic carbocycles. The van der Waals surface area contributed by atoms with Crippen LogP contribution in [0.3, 0.4) is 0 Å². The summed E-state index contributed by atoms with van der Waals surface area (Å²) in [7, 11) is 0. The summed E-state index contributed by atoms with van der Waals surface area (Å²) in [5.74, 6) is 0. The van der Waals surface area contributed by atoms with E-state index in [1.54, 1.807) is 0 Å². The minimum absolute atomic E-state index is 0.384. The highest BCUT2D eigenvalue weighted by Gasteiger charge is 2.10. The highest BCUT2D eigenvalue weighted by atomic mass is 35.5. The molecule has 5 heteroatoms. The normalized spacial score (nSPS) is 14.7. The van der Waals surface area contributed by atoms with Crippen molar-refractivity contribution < 1.29 is 0 Å². The van der Waals surface area contributed by atoms with Crippen molar-refractivity contribution in [3.8, 4) is 0 Å². The fraction of sp³-hybridized carbons (Fsp3) is 0. The summed E-state index contributed by atoms with van der Waals surface area (Å²) < 4.78 is 3.95. The molecule has 2 rings (SSSR count). The van der Waals surface area contributed by atoms with Crippen LogP contribution in [-0.4, -0.2) is 5.29 Å². The van der Waals surface area contributed by atoms with E-state index in [9.17, 15) is 0 Å². The summed E-state index contributed by atoms with van der Waals surface area (Å²) in [6.07, 6.45) is 0. The second-order valence-corrected chi connectivity index (χ2v) is 3.84. The van der Waals surface area contributed by atoms with E-state index in [4.69, 9.17) is 23.2 Å². The van der Waals surface area contributed by atoms with E-state index in [1.165, 1.54) is 11.9 Å². The quantitative estimate of drug-likeness (QED) is 0.534. The zero-order chi connectivity index (χ0) is 8.55. The smallest absolute Gasteiger partial charge is 0.207 e. The highest BCUT2D eigenvalue weighted by molar-refractivity contribution is 7.98. The van der Waals surface area contributed by atoms with Gasteiger partial charge < -0.3 is 5.32 Å². The first-order valence-electron chi connectivity index (χ1n) is 3.23. The van der Waals surface area contributed by atoms with Crippen molar-refractivity contribution in [3.05, 3.63) is 23.2 Å². The molecule has 1 aromatic carbocycles. The van der Waals surface area contributed by atoms with Crippen molar-refractivity contribution in [1.29, 1.82) is 0 Å². The second-order valence-electron chi connectivity index (χ2n) is 2.24. The van der Waals surface area contributed by atoms with Gasteiger partial charge in [0.05, 0.1) is 10.6 Å². The Morgan fingerprint density at radius 3 is 3.00 bits per heavy atom. The monoisotopic (exact) mass is 218 g/mol. The Balaban J connectivity index is 2.43. The van der Waals surface area contributed by atoms with E-state index in [2.05, 4.69) is 9.71 Å². The average Bonchev–Trinajstić information content (AvgIpc) is 2.03. The minimum Gasteiger partial charge on any atom is -0.329 e. The molecule has 0 spiro atoms. The van der Waals surface area contributed by atoms with Gasteiger partial charge in [0.15, 0.2) is 0 Å². The molecule has 0 atom stereocenters. The van der Waals surface area contributed by atoms with Crippen LogP contribution < -0.4 is 5.32 Å². The number of nitrogens with one attached hydrogen (secondary N) is 1. The van der Waals surface area contributed by atoms with Crippen LogP contribution in [0.2, 0.25) is 5.02 Å². The van der Waals surface area contributed by atoms with Gasteiger partial charge in [0.2, 0.25) is 5.29 Å². The lowest BCUT2D eigenvalue weighted by Gasteiger charge is -2.12. The largest absolute Gasteiger partial charge is 0.329 e. The molecule has 1 aromatic rings. The van der Waals surface area contributed by atoms with Gasteiger partial charge in [0, 0.05) is 17.0 Å². The predicted molar refractivity (Wildman–Crippen MR) is 54.2 cm³/mol. The van der Waals surface area contributed by atoms with Crippen LogP contribution in [0.4, 0.5) is 5.69 Å². The molecule has 0 aromatic heterocycles. The van der Waals surface area contributed by atoms with E-state index < -0.39 is 0 Å². The van der Waals surface area contributed by atoms with Crippen LogP contribution in [-0.2, 0) is 0 Å². The number of rotatable bonds is 0. The third kappa shape index (κ3) is 1.53. The third-order valence-corrected chi connectivity index (χ3v) is 2.74. The van der Waals surface area contributed by atoms with Gasteiger partial charge in [-0.2, -0.15) is 4.40 Å². The lowest BCUT2D eigenvalue weighted by Crippen LogP contribution is -2.07. The summed E-state index contributed by atoms with van der Waals surface area (Å²) in [4.78, 5) is 1.03. The summed E-state index contributed by atoms with van der Waals surface area (Å²) in [5, 5.41) is 3.98. The molecule has 0 radical (unpaired) electrons. The number of halogens is 2. The first kappa shape index (κ1) is 8.23. The zero-order valence-electron chi connectivity index (χ0n) is 5.84. The molecule has 1 aliphatic heterocycles. The standard InChI is InChI=1S/C7H4Cl2N2S/c8-4-1-2-6-5(3-4)10-7(9)11-12-6/h1-3H,(H,10,11). The molecule has 0 fully saturated rings. The van der Waals surface area contributed by atoms with Crippen LogP contribution >= 0.6 is 35.1 Å². The van der Waals surface area contributed by atoms with E-state index >= 15 is 0 Å². The van der Waals surface area contributed by atoms with E-state index in [0.717, 1.165) is 10.6 Å². The van der Waals surface area contributed by atoms with Crippen LogP contribution in [0.25, 0.3) is 0 Å². The Morgan fingerprint density at radius 1 is 1.33 bits per heavy atom. The number of fused-ring (bicyclic) bond motifs is 1. The van der Waals surface area contributed by atoms with Crippen LogP contribution in [0, 0.1) is 0 Å². The van der Waals surface area contributed by atoms with Crippen molar-refractivity contribution in [2.45, 2.75) is 4.90 Å². The Kier molecular flexibility index (Phi) is 2.17.